The van der Waals surface area contributed by atoms with Crippen LogP contribution in [0.25, 0.3) is 0 Å². The van der Waals surface area contributed by atoms with Gasteiger partial charge in [-0.15, -0.1) is 0 Å². The van der Waals surface area contributed by atoms with E-state index in [1.54, 1.807) is 12.1 Å². The maximum absolute atomic E-state index is 13.3. The molecular weight excluding hydrogens is 372 g/mol. The van der Waals surface area contributed by atoms with Gasteiger partial charge in [0.25, 0.3) is 10.0 Å². The predicted molar refractivity (Wildman–Crippen MR) is 104 cm³/mol. The zero-order chi connectivity index (χ0) is 18.6. The zero-order valence-electron chi connectivity index (χ0n) is 14.8. The maximum atomic E-state index is 13.3. The molecule has 0 saturated carbocycles. The molecule has 0 radical (unpaired) electrons. The number of sulfonamides is 1. The van der Waals surface area contributed by atoms with E-state index in [4.69, 9.17) is 16.3 Å². The summed E-state index contributed by atoms with van der Waals surface area (Å²) in [6, 6.07) is 14.1. The summed E-state index contributed by atoms with van der Waals surface area (Å²) in [4.78, 5) is 2.43. The molecule has 1 saturated heterocycles. The van der Waals surface area contributed by atoms with E-state index in [9.17, 15) is 8.42 Å². The van der Waals surface area contributed by atoms with E-state index < -0.39 is 10.0 Å². The molecule has 0 N–H and O–H groups in total. The van der Waals surface area contributed by atoms with E-state index in [-0.39, 0.29) is 4.90 Å². The van der Waals surface area contributed by atoms with Gasteiger partial charge in [0.05, 0.1) is 23.8 Å². The summed E-state index contributed by atoms with van der Waals surface area (Å²) in [5.74, 6) is 0. The number of aryl methyl sites for hydroxylation is 1. The number of para-hydroxylation sites is 1. The molecule has 1 fully saturated rings. The molecule has 0 amide bonds. The van der Waals surface area contributed by atoms with Gasteiger partial charge in [-0.05, 0) is 36.8 Å². The van der Waals surface area contributed by atoms with Crippen molar-refractivity contribution in [1.82, 2.24) is 4.90 Å². The Bertz CT molecular complexity index is 837. The molecule has 7 heteroatoms. The lowest BCUT2D eigenvalue weighted by atomic mass is 10.2. The van der Waals surface area contributed by atoms with Crippen molar-refractivity contribution in [1.29, 1.82) is 0 Å². The lowest BCUT2D eigenvalue weighted by molar-refractivity contribution is 0.0395. The van der Waals surface area contributed by atoms with E-state index in [1.807, 2.05) is 37.3 Å². The summed E-state index contributed by atoms with van der Waals surface area (Å²) < 4.78 is 33.4. The first kappa shape index (κ1) is 19.2. The van der Waals surface area contributed by atoms with Crippen LogP contribution in [0.1, 0.15) is 5.56 Å². The first-order valence-electron chi connectivity index (χ1n) is 8.62. The molecule has 2 aromatic rings. The van der Waals surface area contributed by atoms with Crippen molar-refractivity contribution in [3.8, 4) is 0 Å². The topological polar surface area (TPSA) is 49.9 Å². The molecule has 0 atom stereocenters. The van der Waals surface area contributed by atoms with Crippen molar-refractivity contribution in [2.45, 2.75) is 11.8 Å². The first-order chi connectivity index (χ1) is 12.5. The molecule has 2 aromatic carbocycles. The summed E-state index contributed by atoms with van der Waals surface area (Å²) in [6.07, 6.45) is 0. The van der Waals surface area contributed by atoms with Gasteiger partial charge in [-0.2, -0.15) is 0 Å². The third-order valence-electron chi connectivity index (χ3n) is 4.50. The zero-order valence-corrected chi connectivity index (χ0v) is 16.3. The van der Waals surface area contributed by atoms with E-state index in [2.05, 4.69) is 4.90 Å². The molecule has 26 heavy (non-hydrogen) atoms. The molecule has 0 bridgehead atoms. The molecule has 0 aromatic heterocycles. The number of anilines is 1. The highest BCUT2D eigenvalue weighted by atomic mass is 35.5. The van der Waals surface area contributed by atoms with Crippen molar-refractivity contribution < 1.29 is 13.2 Å². The summed E-state index contributed by atoms with van der Waals surface area (Å²) in [5, 5.41) is 0.451. The Morgan fingerprint density at radius 1 is 1.12 bits per heavy atom. The normalized spacial score (nSPS) is 15.8. The van der Waals surface area contributed by atoms with Crippen molar-refractivity contribution >= 4 is 27.3 Å². The number of hydrogen-bond donors (Lipinski definition) is 0. The second-order valence-electron chi connectivity index (χ2n) is 6.28. The van der Waals surface area contributed by atoms with Crippen LogP contribution in [0.5, 0.6) is 0 Å². The van der Waals surface area contributed by atoms with Crippen molar-refractivity contribution in [2.75, 3.05) is 43.7 Å². The van der Waals surface area contributed by atoms with Crippen LogP contribution in [0, 0.1) is 6.92 Å². The fourth-order valence-electron chi connectivity index (χ4n) is 2.90. The molecule has 3 rings (SSSR count). The SMILES string of the molecule is Cc1ccc(S(=O)(=O)N(CCN2CCOCC2)c2ccccc2)cc1Cl. The summed E-state index contributed by atoms with van der Waals surface area (Å²) >= 11 is 6.16. The average molecular weight is 395 g/mol. The van der Waals surface area contributed by atoms with Gasteiger partial charge in [0.2, 0.25) is 0 Å². The molecule has 1 aliphatic rings. The number of nitrogens with zero attached hydrogens (tertiary/aromatic N) is 2. The fraction of sp³-hybridized carbons (Fsp3) is 0.368. The Hall–Kier alpha value is -1.60. The van der Waals surface area contributed by atoms with Gasteiger partial charge in [0.1, 0.15) is 0 Å². The molecule has 0 spiro atoms. The minimum Gasteiger partial charge on any atom is -0.379 e. The van der Waals surface area contributed by atoms with Gasteiger partial charge in [-0.25, -0.2) is 8.42 Å². The lowest BCUT2D eigenvalue weighted by Gasteiger charge is -2.30. The van der Waals surface area contributed by atoms with E-state index in [0.717, 1.165) is 18.7 Å². The molecule has 1 aliphatic heterocycles. The summed E-state index contributed by atoms with van der Waals surface area (Å²) in [5.41, 5.74) is 1.50. The monoisotopic (exact) mass is 394 g/mol. The maximum Gasteiger partial charge on any atom is 0.264 e. The van der Waals surface area contributed by atoms with Crippen molar-refractivity contribution in [2.24, 2.45) is 0 Å². The van der Waals surface area contributed by atoms with Crippen LogP contribution in [0.3, 0.4) is 0 Å². The molecule has 0 unspecified atom stereocenters. The number of morpholine rings is 1. The highest BCUT2D eigenvalue weighted by Crippen LogP contribution is 2.26. The smallest absolute Gasteiger partial charge is 0.264 e. The summed E-state index contributed by atoms with van der Waals surface area (Å²) in [7, 11) is -3.70. The standard InChI is InChI=1S/C19H23ClN2O3S/c1-16-7-8-18(15-19(16)20)26(23,24)22(17-5-3-2-4-6-17)10-9-21-11-13-25-14-12-21/h2-8,15H,9-14H2,1H3. The van der Waals surface area contributed by atoms with E-state index in [0.29, 0.717) is 37.0 Å². The number of benzene rings is 2. The average Bonchev–Trinajstić information content (AvgIpc) is 2.65. The Balaban J connectivity index is 1.89. The Kier molecular flexibility index (Phi) is 6.19. The Morgan fingerprint density at radius 2 is 1.81 bits per heavy atom. The minimum atomic E-state index is -3.70. The molecular formula is C19H23ClN2O3S. The van der Waals surface area contributed by atoms with Crippen LogP contribution in [-0.2, 0) is 14.8 Å². The molecule has 5 nitrogen and oxygen atoms in total. The molecule has 1 heterocycles. The van der Waals surface area contributed by atoms with Crippen LogP contribution in [-0.4, -0.2) is 52.7 Å². The number of halogens is 1. The molecule has 140 valence electrons. The second kappa shape index (κ2) is 8.39. The van der Waals surface area contributed by atoms with Gasteiger partial charge in [-0.3, -0.25) is 9.21 Å². The minimum absolute atomic E-state index is 0.207. The van der Waals surface area contributed by atoms with Crippen LogP contribution >= 0.6 is 11.6 Å². The Morgan fingerprint density at radius 3 is 2.46 bits per heavy atom. The quantitative estimate of drug-likeness (QED) is 0.755. The number of hydrogen-bond acceptors (Lipinski definition) is 4. The number of rotatable bonds is 6. The Labute approximate surface area is 160 Å². The van der Waals surface area contributed by atoms with E-state index in [1.165, 1.54) is 10.4 Å². The third kappa shape index (κ3) is 4.38. The highest BCUT2D eigenvalue weighted by molar-refractivity contribution is 7.92. The van der Waals surface area contributed by atoms with Crippen molar-refractivity contribution in [3.05, 3.63) is 59.1 Å². The van der Waals surface area contributed by atoms with Gasteiger partial charge in [-0.1, -0.05) is 35.9 Å². The molecule has 0 aliphatic carbocycles. The van der Waals surface area contributed by atoms with Crippen LogP contribution in [0.15, 0.2) is 53.4 Å². The van der Waals surface area contributed by atoms with Gasteiger partial charge < -0.3 is 4.74 Å². The van der Waals surface area contributed by atoms with Crippen LogP contribution in [0.4, 0.5) is 5.69 Å². The first-order valence-corrected chi connectivity index (χ1v) is 10.4. The summed E-state index contributed by atoms with van der Waals surface area (Å²) in [6.45, 7) is 5.89. The van der Waals surface area contributed by atoms with Gasteiger partial charge in [0.15, 0.2) is 0 Å². The van der Waals surface area contributed by atoms with Gasteiger partial charge >= 0.3 is 0 Å². The predicted octanol–water partition coefficient (Wildman–Crippen LogP) is 3.18. The third-order valence-corrected chi connectivity index (χ3v) is 6.73. The van der Waals surface area contributed by atoms with Crippen LogP contribution in [0.2, 0.25) is 5.02 Å². The highest BCUT2D eigenvalue weighted by Gasteiger charge is 2.26. The van der Waals surface area contributed by atoms with Crippen LogP contribution < -0.4 is 4.31 Å². The second-order valence-corrected chi connectivity index (χ2v) is 8.55. The van der Waals surface area contributed by atoms with Gasteiger partial charge in [0, 0.05) is 31.2 Å². The number of ether oxygens (including phenoxy) is 1. The van der Waals surface area contributed by atoms with E-state index >= 15 is 0 Å². The van der Waals surface area contributed by atoms with Crippen molar-refractivity contribution in [3.63, 3.8) is 0 Å². The largest absolute Gasteiger partial charge is 0.379 e. The fourth-order valence-corrected chi connectivity index (χ4v) is 4.63. The lowest BCUT2D eigenvalue weighted by Crippen LogP contribution is -2.43.